The van der Waals surface area contributed by atoms with Gasteiger partial charge in [0.05, 0.1) is 14.2 Å². The van der Waals surface area contributed by atoms with Crippen LogP contribution in [0.25, 0.3) is 0 Å². The molecule has 0 spiro atoms. The van der Waals surface area contributed by atoms with E-state index < -0.39 is 24.0 Å². The number of nitrogens with zero attached hydrogens (tertiary/aromatic N) is 1. The molecule has 1 aliphatic heterocycles. The number of likely N-dealkylation sites (tertiary alicyclic amines) is 1. The zero-order valence-electron chi connectivity index (χ0n) is 11.7. The molecule has 0 aliphatic carbocycles. The Balaban J connectivity index is 2.92. The molecule has 1 aliphatic rings. The first kappa shape index (κ1) is 15.5. The Bertz CT molecular complexity index is 355. The summed E-state index contributed by atoms with van der Waals surface area (Å²) in [4.78, 5) is 36.8. The molecule has 1 fully saturated rings. The molecule has 6 nitrogen and oxygen atoms in total. The molecule has 0 aromatic rings. The number of methoxy groups -OCH3 is 2. The highest BCUT2D eigenvalue weighted by Gasteiger charge is 2.43. The van der Waals surface area contributed by atoms with Crippen molar-refractivity contribution in [1.29, 1.82) is 0 Å². The smallest absolute Gasteiger partial charge is 0.328 e. The van der Waals surface area contributed by atoms with Crippen LogP contribution in [0.4, 0.5) is 0 Å². The average molecular weight is 271 g/mol. The van der Waals surface area contributed by atoms with Gasteiger partial charge in [-0.15, -0.1) is 0 Å². The summed E-state index contributed by atoms with van der Waals surface area (Å²) in [6, 6.07) is -1.36. The van der Waals surface area contributed by atoms with Crippen molar-refractivity contribution in [3.63, 3.8) is 0 Å². The Kier molecular flexibility index (Phi) is 5.79. The van der Waals surface area contributed by atoms with Gasteiger partial charge in [-0.25, -0.2) is 9.59 Å². The number of amides is 1. The fourth-order valence-electron chi connectivity index (χ4n) is 2.36. The van der Waals surface area contributed by atoms with Crippen molar-refractivity contribution in [2.24, 2.45) is 0 Å². The largest absolute Gasteiger partial charge is 0.467 e. The van der Waals surface area contributed by atoms with E-state index in [1.165, 1.54) is 19.1 Å². The van der Waals surface area contributed by atoms with Crippen LogP contribution >= 0.6 is 0 Å². The maximum Gasteiger partial charge on any atom is 0.328 e. The maximum atomic E-state index is 11.9. The van der Waals surface area contributed by atoms with Crippen molar-refractivity contribution in [3.05, 3.63) is 0 Å². The number of unbranched alkanes of at least 4 members (excludes halogenated alkanes) is 1. The monoisotopic (exact) mass is 271 g/mol. The van der Waals surface area contributed by atoms with E-state index in [9.17, 15) is 14.4 Å². The zero-order chi connectivity index (χ0) is 14.4. The molecule has 19 heavy (non-hydrogen) atoms. The van der Waals surface area contributed by atoms with Crippen molar-refractivity contribution >= 4 is 17.8 Å². The fourth-order valence-corrected chi connectivity index (χ4v) is 2.36. The summed E-state index contributed by atoms with van der Waals surface area (Å²) in [7, 11) is 2.57. The predicted molar refractivity (Wildman–Crippen MR) is 67.2 cm³/mol. The van der Waals surface area contributed by atoms with Crippen LogP contribution in [0.2, 0.25) is 0 Å². The highest BCUT2D eigenvalue weighted by atomic mass is 16.5. The van der Waals surface area contributed by atoms with E-state index >= 15 is 0 Å². The Labute approximate surface area is 113 Å². The lowest BCUT2D eigenvalue weighted by Gasteiger charge is -2.30. The first-order valence-corrected chi connectivity index (χ1v) is 6.53. The number of hydrogen-bond acceptors (Lipinski definition) is 5. The molecule has 2 unspecified atom stereocenters. The second-order valence-electron chi connectivity index (χ2n) is 4.56. The summed E-state index contributed by atoms with van der Waals surface area (Å²) < 4.78 is 9.44. The number of esters is 2. The fraction of sp³-hybridized carbons (Fsp3) is 0.769. The minimum Gasteiger partial charge on any atom is -0.467 e. The first-order chi connectivity index (χ1) is 9.06. The zero-order valence-corrected chi connectivity index (χ0v) is 11.7. The summed E-state index contributed by atoms with van der Waals surface area (Å²) in [5, 5.41) is 0. The summed E-state index contributed by atoms with van der Waals surface area (Å²) >= 11 is 0. The van der Waals surface area contributed by atoms with Crippen molar-refractivity contribution in [2.75, 3.05) is 14.2 Å². The van der Waals surface area contributed by atoms with Crippen LogP contribution in [0.3, 0.4) is 0 Å². The van der Waals surface area contributed by atoms with Crippen LogP contribution in [0.1, 0.15) is 39.0 Å². The quantitative estimate of drug-likeness (QED) is 0.671. The number of ether oxygens (including phenoxy) is 2. The molecule has 1 saturated heterocycles. The molecule has 0 saturated carbocycles. The summed E-state index contributed by atoms with van der Waals surface area (Å²) in [5.74, 6) is -1.14. The average Bonchev–Trinajstić information content (AvgIpc) is 2.80. The number of rotatable bonds is 6. The molecular formula is C13H21NO5. The third-order valence-electron chi connectivity index (χ3n) is 3.37. The second-order valence-corrected chi connectivity index (χ2v) is 4.56. The van der Waals surface area contributed by atoms with Gasteiger partial charge >= 0.3 is 11.9 Å². The predicted octanol–water partition coefficient (Wildman–Crippen LogP) is 0.882. The molecule has 1 amide bonds. The van der Waals surface area contributed by atoms with E-state index in [0.29, 0.717) is 12.8 Å². The molecule has 0 aromatic carbocycles. The molecule has 1 rings (SSSR count). The van der Waals surface area contributed by atoms with Crippen molar-refractivity contribution < 1.29 is 23.9 Å². The SMILES string of the molecule is CCCCC(C(=O)OC)N1C(=O)CCC1C(=O)OC. The molecule has 6 heteroatoms. The van der Waals surface area contributed by atoms with Gasteiger partial charge in [0.15, 0.2) is 0 Å². The Morgan fingerprint density at radius 1 is 1.37 bits per heavy atom. The number of hydrogen-bond donors (Lipinski definition) is 0. The molecule has 0 N–H and O–H groups in total. The summed E-state index contributed by atoms with van der Waals surface area (Å²) in [6.07, 6.45) is 2.85. The van der Waals surface area contributed by atoms with Gasteiger partial charge in [0, 0.05) is 6.42 Å². The van der Waals surface area contributed by atoms with Crippen LogP contribution in [0, 0.1) is 0 Å². The van der Waals surface area contributed by atoms with Gasteiger partial charge in [0.25, 0.3) is 0 Å². The van der Waals surface area contributed by atoms with Gasteiger partial charge in [-0.2, -0.15) is 0 Å². The second kappa shape index (κ2) is 7.11. The van der Waals surface area contributed by atoms with Crippen LogP contribution in [-0.2, 0) is 23.9 Å². The van der Waals surface area contributed by atoms with Crippen LogP contribution in [-0.4, -0.2) is 49.0 Å². The molecule has 0 aromatic heterocycles. The van der Waals surface area contributed by atoms with Crippen molar-refractivity contribution in [1.82, 2.24) is 4.90 Å². The van der Waals surface area contributed by atoms with Crippen molar-refractivity contribution in [2.45, 2.75) is 51.1 Å². The Hall–Kier alpha value is -1.59. The van der Waals surface area contributed by atoms with E-state index in [0.717, 1.165) is 12.8 Å². The van der Waals surface area contributed by atoms with E-state index in [1.54, 1.807) is 0 Å². The van der Waals surface area contributed by atoms with E-state index in [1.807, 2.05) is 6.92 Å². The van der Waals surface area contributed by atoms with Crippen LogP contribution < -0.4 is 0 Å². The van der Waals surface area contributed by atoms with Gasteiger partial charge in [-0.3, -0.25) is 4.79 Å². The molecular weight excluding hydrogens is 250 g/mol. The number of carbonyl (C=O) groups is 3. The molecule has 2 atom stereocenters. The third kappa shape index (κ3) is 3.45. The third-order valence-corrected chi connectivity index (χ3v) is 3.37. The molecule has 0 bridgehead atoms. The van der Waals surface area contributed by atoms with E-state index in [2.05, 4.69) is 0 Å². The topological polar surface area (TPSA) is 72.9 Å². The normalized spacial score (nSPS) is 20.3. The van der Waals surface area contributed by atoms with Gasteiger partial charge in [-0.05, 0) is 12.8 Å². The summed E-state index contributed by atoms with van der Waals surface area (Å²) in [5.41, 5.74) is 0. The lowest BCUT2D eigenvalue weighted by molar-refractivity contribution is -0.158. The molecule has 0 radical (unpaired) electrons. The number of carbonyl (C=O) groups excluding carboxylic acids is 3. The lowest BCUT2D eigenvalue weighted by Crippen LogP contribution is -2.50. The van der Waals surface area contributed by atoms with Crippen LogP contribution in [0.15, 0.2) is 0 Å². The Morgan fingerprint density at radius 2 is 2.05 bits per heavy atom. The van der Waals surface area contributed by atoms with Gasteiger partial charge in [-0.1, -0.05) is 19.8 Å². The van der Waals surface area contributed by atoms with Gasteiger partial charge in [0.1, 0.15) is 12.1 Å². The Morgan fingerprint density at radius 3 is 2.58 bits per heavy atom. The first-order valence-electron chi connectivity index (χ1n) is 6.53. The molecule has 1 heterocycles. The minimum atomic E-state index is -0.691. The van der Waals surface area contributed by atoms with Crippen molar-refractivity contribution in [3.8, 4) is 0 Å². The van der Waals surface area contributed by atoms with Gasteiger partial charge < -0.3 is 14.4 Å². The summed E-state index contributed by atoms with van der Waals surface area (Å²) in [6.45, 7) is 2.00. The highest BCUT2D eigenvalue weighted by molar-refractivity contribution is 5.92. The van der Waals surface area contributed by atoms with Gasteiger partial charge in [0.2, 0.25) is 5.91 Å². The van der Waals surface area contributed by atoms with E-state index in [4.69, 9.17) is 9.47 Å². The molecule has 108 valence electrons. The van der Waals surface area contributed by atoms with E-state index in [-0.39, 0.29) is 12.3 Å². The van der Waals surface area contributed by atoms with Crippen LogP contribution in [0.5, 0.6) is 0 Å². The maximum absolute atomic E-state index is 11.9. The standard InChI is InChI=1S/C13H21NO5/c1-4-5-6-9(12(16)18-2)14-10(13(17)19-3)7-8-11(14)15/h9-10H,4-8H2,1-3H3. The highest BCUT2D eigenvalue weighted by Crippen LogP contribution is 2.25. The minimum absolute atomic E-state index is 0.193. The lowest BCUT2D eigenvalue weighted by atomic mass is 10.1.